The van der Waals surface area contributed by atoms with Gasteiger partial charge in [-0.1, -0.05) is 30.3 Å². The zero-order valence-corrected chi connectivity index (χ0v) is 13.2. The Morgan fingerprint density at radius 1 is 1.00 bits per heavy atom. The molecule has 1 N–H and O–H groups in total. The van der Waals surface area contributed by atoms with E-state index in [0.717, 1.165) is 26.5 Å². The molecule has 5 heteroatoms. The Balaban J connectivity index is 2.13. The molecule has 3 nitrogen and oxygen atoms in total. The van der Waals surface area contributed by atoms with Gasteiger partial charge in [-0.25, -0.2) is 5.10 Å². The van der Waals surface area contributed by atoms with Crippen LogP contribution in [0.15, 0.2) is 57.1 Å². The van der Waals surface area contributed by atoms with Crippen LogP contribution in [0.25, 0.3) is 32.1 Å². The number of rotatable bonds is 1. The van der Waals surface area contributed by atoms with Crippen molar-refractivity contribution in [1.29, 1.82) is 0 Å². The number of nitrogens with zero attached hydrogens (tertiary/aromatic N) is 1. The summed E-state index contributed by atoms with van der Waals surface area (Å²) in [6.07, 6.45) is 0. The molecule has 21 heavy (non-hydrogen) atoms. The third-order valence-electron chi connectivity index (χ3n) is 3.50. The lowest BCUT2D eigenvalue weighted by Gasteiger charge is -2.04. The largest absolute Gasteiger partial charge is 0.272 e. The highest BCUT2D eigenvalue weighted by Gasteiger charge is 2.13. The maximum atomic E-state index is 11.9. The smallest absolute Gasteiger partial charge is 0.267 e. The lowest BCUT2D eigenvalue weighted by atomic mass is 10.0. The Hall–Kier alpha value is -1.98. The van der Waals surface area contributed by atoms with E-state index in [-0.39, 0.29) is 5.56 Å². The standard InChI is InChI=1S/C16H9BrN2OS/c17-13-7-3-6-10-12(8-21-15(10)13)14-9-4-1-2-5-11(9)16(20)19-18-14/h1-8H,(H,19,20). The van der Waals surface area contributed by atoms with Gasteiger partial charge in [0.2, 0.25) is 0 Å². The van der Waals surface area contributed by atoms with E-state index in [4.69, 9.17) is 0 Å². The van der Waals surface area contributed by atoms with Crippen LogP contribution in [0.5, 0.6) is 0 Å². The molecule has 4 rings (SSSR count). The minimum Gasteiger partial charge on any atom is -0.267 e. The summed E-state index contributed by atoms with van der Waals surface area (Å²) in [6.45, 7) is 0. The van der Waals surface area contributed by atoms with E-state index in [1.165, 1.54) is 4.70 Å². The Morgan fingerprint density at radius 2 is 1.76 bits per heavy atom. The Kier molecular flexibility index (Phi) is 2.90. The summed E-state index contributed by atoms with van der Waals surface area (Å²) in [5.41, 5.74) is 1.70. The van der Waals surface area contributed by atoms with Crippen LogP contribution in [0.3, 0.4) is 0 Å². The fourth-order valence-electron chi connectivity index (χ4n) is 2.53. The molecule has 0 unspecified atom stereocenters. The minimum absolute atomic E-state index is 0.157. The van der Waals surface area contributed by atoms with Gasteiger partial charge in [-0.2, -0.15) is 5.10 Å². The van der Waals surface area contributed by atoms with Crippen molar-refractivity contribution in [2.24, 2.45) is 0 Å². The average molecular weight is 357 g/mol. The summed E-state index contributed by atoms with van der Waals surface area (Å²) in [4.78, 5) is 11.9. The molecule has 0 aliphatic heterocycles. The van der Waals surface area contributed by atoms with Crippen molar-refractivity contribution in [2.45, 2.75) is 0 Å². The molecule has 2 aromatic heterocycles. The van der Waals surface area contributed by atoms with Crippen LogP contribution in [-0.4, -0.2) is 10.2 Å². The summed E-state index contributed by atoms with van der Waals surface area (Å²) >= 11 is 5.25. The molecule has 0 aliphatic rings. The molecule has 2 aromatic carbocycles. The number of benzene rings is 2. The van der Waals surface area contributed by atoms with Crippen LogP contribution in [-0.2, 0) is 0 Å². The lowest BCUT2D eigenvalue weighted by Crippen LogP contribution is -2.09. The minimum atomic E-state index is -0.157. The molecule has 102 valence electrons. The van der Waals surface area contributed by atoms with Crippen LogP contribution >= 0.6 is 27.3 Å². The van der Waals surface area contributed by atoms with Crippen molar-refractivity contribution in [3.8, 4) is 11.3 Å². The Morgan fingerprint density at radius 3 is 2.62 bits per heavy atom. The van der Waals surface area contributed by atoms with E-state index in [1.54, 1.807) is 11.3 Å². The highest BCUT2D eigenvalue weighted by atomic mass is 79.9. The second-order valence-electron chi connectivity index (χ2n) is 4.71. The van der Waals surface area contributed by atoms with E-state index in [0.29, 0.717) is 5.39 Å². The summed E-state index contributed by atoms with van der Waals surface area (Å²) in [5, 5.41) is 11.6. The van der Waals surface area contributed by atoms with Crippen LogP contribution in [0, 0.1) is 0 Å². The Bertz CT molecular complexity index is 1040. The first-order chi connectivity index (χ1) is 10.3. The maximum Gasteiger partial charge on any atom is 0.272 e. The molecule has 0 aliphatic carbocycles. The van der Waals surface area contributed by atoms with Gasteiger partial charge < -0.3 is 0 Å². The molecule has 0 atom stereocenters. The first-order valence-electron chi connectivity index (χ1n) is 6.39. The number of halogens is 1. The summed E-state index contributed by atoms with van der Waals surface area (Å²) in [5.74, 6) is 0. The molecule has 2 heterocycles. The normalized spacial score (nSPS) is 11.3. The SMILES string of the molecule is O=c1[nH]nc(-c2csc3c(Br)cccc23)c2ccccc12. The van der Waals surface area contributed by atoms with Crippen molar-refractivity contribution >= 4 is 48.1 Å². The number of thiophene rings is 1. The molecule has 0 bridgehead atoms. The zero-order chi connectivity index (χ0) is 14.4. The predicted octanol–water partition coefficient (Wildman–Crippen LogP) is 4.57. The predicted molar refractivity (Wildman–Crippen MR) is 90.9 cm³/mol. The van der Waals surface area contributed by atoms with Gasteiger partial charge in [0.1, 0.15) is 5.69 Å². The lowest BCUT2D eigenvalue weighted by molar-refractivity contribution is 1.02. The molecule has 0 radical (unpaired) electrons. The first-order valence-corrected chi connectivity index (χ1v) is 8.06. The van der Waals surface area contributed by atoms with Crippen LogP contribution in [0.1, 0.15) is 0 Å². The second-order valence-corrected chi connectivity index (χ2v) is 6.45. The quantitative estimate of drug-likeness (QED) is 0.543. The van der Waals surface area contributed by atoms with Crippen molar-refractivity contribution < 1.29 is 0 Å². The molecule has 0 saturated carbocycles. The molecule has 4 aromatic rings. The number of aromatic nitrogens is 2. The van der Waals surface area contributed by atoms with Crippen LogP contribution in [0.4, 0.5) is 0 Å². The van der Waals surface area contributed by atoms with Gasteiger partial charge in [0.15, 0.2) is 0 Å². The van der Waals surface area contributed by atoms with E-state index in [2.05, 4.69) is 37.6 Å². The monoisotopic (exact) mass is 356 g/mol. The topological polar surface area (TPSA) is 45.8 Å². The fraction of sp³-hybridized carbons (Fsp3) is 0. The second kappa shape index (κ2) is 4.79. The molecular formula is C16H9BrN2OS. The molecule has 0 spiro atoms. The Labute approximate surface area is 132 Å². The number of hydrogen-bond donors (Lipinski definition) is 1. The molecule has 0 fully saturated rings. The van der Waals surface area contributed by atoms with E-state index in [1.807, 2.05) is 36.4 Å². The first kappa shape index (κ1) is 12.7. The molecule has 0 saturated heterocycles. The van der Waals surface area contributed by atoms with E-state index < -0.39 is 0 Å². The van der Waals surface area contributed by atoms with E-state index in [9.17, 15) is 4.79 Å². The number of aromatic amines is 1. The third-order valence-corrected chi connectivity index (χ3v) is 5.46. The van der Waals surface area contributed by atoms with Gasteiger partial charge in [-0.15, -0.1) is 11.3 Å². The number of hydrogen-bond acceptors (Lipinski definition) is 3. The van der Waals surface area contributed by atoms with Gasteiger partial charge >= 0.3 is 0 Å². The maximum absolute atomic E-state index is 11.9. The van der Waals surface area contributed by atoms with E-state index >= 15 is 0 Å². The van der Waals surface area contributed by atoms with Crippen molar-refractivity contribution in [3.63, 3.8) is 0 Å². The molecular weight excluding hydrogens is 348 g/mol. The zero-order valence-electron chi connectivity index (χ0n) is 10.8. The summed E-state index contributed by atoms with van der Waals surface area (Å²) < 4.78 is 2.26. The molecule has 0 amide bonds. The summed E-state index contributed by atoms with van der Waals surface area (Å²) in [6, 6.07) is 13.7. The number of fused-ring (bicyclic) bond motifs is 2. The average Bonchev–Trinajstić information content (AvgIpc) is 2.93. The van der Waals surface area contributed by atoms with Crippen LogP contribution in [0.2, 0.25) is 0 Å². The van der Waals surface area contributed by atoms with Crippen LogP contribution < -0.4 is 5.56 Å². The van der Waals surface area contributed by atoms with Gasteiger partial charge in [-0.3, -0.25) is 4.79 Å². The van der Waals surface area contributed by atoms with Gasteiger partial charge in [0.05, 0.1) is 5.39 Å². The van der Waals surface area contributed by atoms with Crippen molar-refractivity contribution in [1.82, 2.24) is 10.2 Å². The van der Waals surface area contributed by atoms with Gasteiger partial charge in [-0.05, 0) is 28.1 Å². The number of nitrogens with one attached hydrogen (secondary N) is 1. The summed E-state index contributed by atoms with van der Waals surface area (Å²) in [7, 11) is 0. The van der Waals surface area contributed by atoms with Crippen molar-refractivity contribution in [2.75, 3.05) is 0 Å². The third kappa shape index (κ3) is 1.92. The highest BCUT2D eigenvalue weighted by Crippen LogP contribution is 2.38. The number of H-pyrrole nitrogens is 1. The van der Waals surface area contributed by atoms with Crippen molar-refractivity contribution in [3.05, 3.63) is 62.7 Å². The fourth-order valence-corrected chi connectivity index (χ4v) is 4.13. The van der Waals surface area contributed by atoms with Gasteiger partial charge in [0.25, 0.3) is 5.56 Å². The van der Waals surface area contributed by atoms with Gasteiger partial charge in [0, 0.05) is 30.9 Å². The highest BCUT2D eigenvalue weighted by molar-refractivity contribution is 9.10.